The lowest BCUT2D eigenvalue weighted by Crippen LogP contribution is -1.89. The molecule has 0 bridgehead atoms. The normalized spacial score (nSPS) is 12.0. The highest BCUT2D eigenvalue weighted by Crippen LogP contribution is 2.17. The minimum Gasteiger partial charge on any atom is -0.274 e. The van der Waals surface area contributed by atoms with Gasteiger partial charge in [0.15, 0.2) is 5.65 Å². The first-order chi connectivity index (χ1) is 5.70. The molecule has 0 spiro atoms. The highest BCUT2D eigenvalue weighted by Gasteiger charge is 2.02. The van der Waals surface area contributed by atoms with E-state index in [4.69, 9.17) is 13.0 Å². The van der Waals surface area contributed by atoms with Crippen LogP contribution in [0.15, 0.2) is 23.0 Å². The summed E-state index contributed by atoms with van der Waals surface area (Å²) in [6.07, 6.45) is 3.21. The molecule has 0 aliphatic heterocycles. The smallest absolute Gasteiger partial charge is 0.208 e. The van der Waals surface area contributed by atoms with Crippen molar-refractivity contribution in [1.29, 1.82) is 0 Å². The van der Waals surface area contributed by atoms with Crippen molar-refractivity contribution in [3.63, 3.8) is 0 Å². The zero-order valence-electron chi connectivity index (χ0n) is 6.25. The molecule has 0 saturated heterocycles. The zero-order valence-corrected chi connectivity index (χ0v) is 7.59. The second-order valence-corrected chi connectivity index (χ2v) is 3.11. The van der Waals surface area contributed by atoms with Crippen LogP contribution < -0.4 is 0 Å². The first-order valence-corrected chi connectivity index (χ1v) is 4.01. The minimum absolute atomic E-state index is 0.226. The molecule has 2 aromatic rings. The Morgan fingerprint density at radius 2 is 2.45 bits per heavy atom. The van der Waals surface area contributed by atoms with Crippen LogP contribution in [0.5, 0.6) is 0 Å². The van der Waals surface area contributed by atoms with Crippen LogP contribution in [-0.4, -0.2) is 14.4 Å². The topological polar surface area (TPSA) is 30.2 Å². The van der Waals surface area contributed by atoms with Crippen LogP contribution in [0.3, 0.4) is 0 Å². The van der Waals surface area contributed by atoms with Crippen LogP contribution in [0.1, 0.15) is 1.37 Å². The van der Waals surface area contributed by atoms with Crippen LogP contribution in [0.4, 0.5) is 0 Å². The summed E-state index contributed by atoms with van der Waals surface area (Å²) in [5.74, 6) is 0. The Morgan fingerprint density at radius 1 is 1.64 bits per heavy atom. The van der Waals surface area contributed by atoms with E-state index < -0.39 is 0 Å². The van der Waals surface area contributed by atoms with E-state index in [1.165, 1.54) is 10.6 Å². The van der Waals surface area contributed by atoms with E-state index in [0.29, 0.717) is 5.65 Å². The molecule has 0 aromatic carbocycles. The number of rotatable bonds is 0. The second kappa shape index (κ2) is 2.46. The van der Waals surface area contributed by atoms with E-state index in [-0.39, 0.29) is 11.5 Å². The lowest BCUT2D eigenvalue weighted by molar-refractivity contribution is 1.08. The van der Waals surface area contributed by atoms with Crippen molar-refractivity contribution >= 4 is 33.2 Å². The third kappa shape index (κ3) is 1.02. The molecule has 0 saturated carbocycles. The number of halogens is 2. The van der Waals surface area contributed by atoms with Crippen LogP contribution in [-0.2, 0) is 0 Å². The molecule has 2 heterocycles. The van der Waals surface area contributed by atoms with E-state index >= 15 is 0 Å². The van der Waals surface area contributed by atoms with Gasteiger partial charge in [-0.1, -0.05) is 0 Å². The van der Waals surface area contributed by atoms with Crippen molar-refractivity contribution in [3.05, 3.63) is 28.3 Å². The third-order valence-electron chi connectivity index (χ3n) is 1.27. The highest BCUT2D eigenvalue weighted by atomic mass is 79.9. The summed E-state index contributed by atoms with van der Waals surface area (Å²) in [5.41, 5.74) is 0.611. The van der Waals surface area contributed by atoms with E-state index in [2.05, 4.69) is 25.9 Å². The number of imidazole rings is 1. The average Bonchev–Trinajstić information content (AvgIpc) is 2.42. The van der Waals surface area contributed by atoms with Gasteiger partial charge in [0.2, 0.25) is 5.28 Å². The molecule has 0 amide bonds. The monoisotopic (exact) mass is 232 g/mol. The fourth-order valence-electron chi connectivity index (χ4n) is 0.801. The number of aromatic nitrogens is 3. The van der Waals surface area contributed by atoms with Crippen molar-refractivity contribution in [2.75, 3.05) is 0 Å². The Morgan fingerprint density at radius 3 is 3.18 bits per heavy atom. The summed E-state index contributed by atoms with van der Waals surface area (Å²) in [6, 6.07) is 0. The molecule has 0 N–H and O–H groups in total. The van der Waals surface area contributed by atoms with E-state index in [9.17, 15) is 0 Å². The summed E-state index contributed by atoms with van der Waals surface area (Å²) in [4.78, 5) is 7.84. The first-order valence-electron chi connectivity index (χ1n) is 3.34. The van der Waals surface area contributed by atoms with Crippen LogP contribution in [0.2, 0.25) is 5.28 Å². The largest absolute Gasteiger partial charge is 0.274 e. The Labute approximate surface area is 77.6 Å². The molecule has 2 aromatic heterocycles. The maximum absolute atomic E-state index is 7.44. The molecule has 0 aliphatic carbocycles. The number of hydrogen-bond acceptors (Lipinski definition) is 2. The number of fused-ring (bicyclic) bond motifs is 1. The lowest BCUT2D eigenvalue weighted by atomic mass is 10.6. The quantitative estimate of drug-likeness (QED) is 0.653. The minimum atomic E-state index is 0.226. The predicted molar refractivity (Wildman–Crippen MR) is 45.7 cm³/mol. The molecule has 5 heteroatoms. The molecule has 0 fully saturated rings. The van der Waals surface area contributed by atoms with Crippen molar-refractivity contribution in [3.8, 4) is 0 Å². The Hall–Kier alpha value is -0.610. The van der Waals surface area contributed by atoms with Crippen molar-refractivity contribution in [1.82, 2.24) is 14.4 Å². The van der Waals surface area contributed by atoms with Gasteiger partial charge in [0, 0.05) is 18.6 Å². The van der Waals surface area contributed by atoms with Gasteiger partial charge in [-0.2, -0.15) is 0 Å². The van der Waals surface area contributed by atoms with Gasteiger partial charge in [0.25, 0.3) is 0 Å². The van der Waals surface area contributed by atoms with E-state index in [0.717, 1.165) is 4.47 Å². The molecular weight excluding hydrogens is 229 g/mol. The standard InChI is InChI=1S/C6H3BrClN3/c7-4-3-10-6(8)11-2-1-9-5(4)11/h1-3H/i2D. The molecule has 2 rings (SSSR count). The van der Waals surface area contributed by atoms with Gasteiger partial charge >= 0.3 is 0 Å². The molecule has 0 aliphatic rings. The lowest BCUT2D eigenvalue weighted by Gasteiger charge is -1.96. The van der Waals surface area contributed by atoms with Gasteiger partial charge in [0.1, 0.15) is 0 Å². The molecule has 11 heavy (non-hydrogen) atoms. The maximum Gasteiger partial charge on any atom is 0.208 e. The third-order valence-corrected chi connectivity index (χ3v) is 2.09. The van der Waals surface area contributed by atoms with Gasteiger partial charge in [0.05, 0.1) is 5.84 Å². The van der Waals surface area contributed by atoms with Gasteiger partial charge in [-0.25, -0.2) is 9.97 Å². The Balaban J connectivity index is 2.98. The summed E-state index contributed by atoms with van der Waals surface area (Å²) in [6.45, 7) is 0. The van der Waals surface area contributed by atoms with Crippen LogP contribution in [0, 0.1) is 0 Å². The summed E-state index contributed by atoms with van der Waals surface area (Å²) >= 11 is 9.00. The van der Waals surface area contributed by atoms with Crippen LogP contribution >= 0.6 is 27.5 Å². The van der Waals surface area contributed by atoms with Crippen molar-refractivity contribution < 1.29 is 1.37 Å². The first kappa shape index (κ1) is 5.97. The number of nitrogens with zero attached hydrogens (tertiary/aromatic N) is 3. The van der Waals surface area contributed by atoms with Gasteiger partial charge < -0.3 is 0 Å². The maximum atomic E-state index is 7.44. The molecule has 0 unspecified atom stereocenters. The fourth-order valence-corrected chi connectivity index (χ4v) is 1.36. The molecule has 3 nitrogen and oxygen atoms in total. The Kier molecular flexibility index (Phi) is 1.33. The van der Waals surface area contributed by atoms with Crippen molar-refractivity contribution in [2.24, 2.45) is 0 Å². The Bertz CT molecular complexity index is 442. The van der Waals surface area contributed by atoms with Gasteiger partial charge in [-0.15, -0.1) is 0 Å². The summed E-state index contributed by atoms with van der Waals surface area (Å²) < 4.78 is 9.61. The van der Waals surface area contributed by atoms with Crippen LogP contribution in [0.25, 0.3) is 5.65 Å². The van der Waals surface area contributed by atoms with E-state index in [1.807, 2.05) is 0 Å². The fraction of sp³-hybridized carbons (Fsp3) is 0. The molecular formula is C6H3BrClN3. The molecule has 56 valence electrons. The van der Waals surface area contributed by atoms with E-state index in [1.54, 1.807) is 6.20 Å². The predicted octanol–water partition coefficient (Wildman–Crippen LogP) is 2.15. The molecule has 0 radical (unpaired) electrons. The number of hydrogen-bond donors (Lipinski definition) is 0. The van der Waals surface area contributed by atoms with Crippen molar-refractivity contribution in [2.45, 2.75) is 0 Å². The molecule has 0 atom stereocenters. The highest BCUT2D eigenvalue weighted by molar-refractivity contribution is 9.10. The van der Waals surface area contributed by atoms with Gasteiger partial charge in [-0.3, -0.25) is 4.40 Å². The summed E-state index contributed by atoms with van der Waals surface area (Å²) in [5, 5.41) is 0.246. The zero-order chi connectivity index (χ0) is 8.72. The summed E-state index contributed by atoms with van der Waals surface area (Å²) in [7, 11) is 0. The SMILES string of the molecule is [2H]c1cnc2c(Br)cnc(Cl)n12. The van der Waals surface area contributed by atoms with Gasteiger partial charge in [-0.05, 0) is 27.5 Å². The average molecular weight is 233 g/mol. The second-order valence-electron chi connectivity index (χ2n) is 1.92.